The lowest BCUT2D eigenvalue weighted by Crippen LogP contribution is -2.24. The van der Waals surface area contributed by atoms with Crippen LogP contribution in [0.15, 0.2) is 30.3 Å². The van der Waals surface area contributed by atoms with Crippen molar-refractivity contribution in [3.63, 3.8) is 0 Å². The van der Waals surface area contributed by atoms with Gasteiger partial charge in [0, 0.05) is 18.6 Å². The Morgan fingerprint density at radius 2 is 1.86 bits per heavy atom. The first kappa shape index (κ1) is 16.2. The molecule has 2 N–H and O–H groups in total. The number of benzene rings is 1. The van der Waals surface area contributed by atoms with Crippen LogP contribution in [0, 0.1) is 0 Å². The number of rotatable bonds is 7. The molecule has 1 saturated heterocycles. The fourth-order valence-electron chi connectivity index (χ4n) is 2.61. The van der Waals surface area contributed by atoms with Crippen molar-refractivity contribution in [2.45, 2.75) is 38.8 Å². The van der Waals surface area contributed by atoms with Gasteiger partial charge in [-0.25, -0.2) is 8.42 Å². The van der Waals surface area contributed by atoms with E-state index in [1.54, 1.807) is 10.4 Å². The monoisotopic (exact) mass is 308 g/mol. The van der Waals surface area contributed by atoms with Crippen LogP contribution in [0.4, 0.5) is 0 Å². The van der Waals surface area contributed by atoms with Crippen LogP contribution >= 0.6 is 0 Å². The molecule has 21 heavy (non-hydrogen) atoms. The van der Waals surface area contributed by atoms with E-state index in [-0.39, 0.29) is 11.3 Å². The Morgan fingerprint density at radius 1 is 1.24 bits per heavy atom. The van der Waals surface area contributed by atoms with E-state index in [2.05, 4.69) is 0 Å². The fourth-order valence-corrected chi connectivity index (χ4v) is 4.42. The van der Waals surface area contributed by atoms with Gasteiger partial charge < -0.3 is 5.73 Å². The van der Waals surface area contributed by atoms with Gasteiger partial charge in [-0.15, -0.1) is 0 Å². The smallest absolute Gasteiger partial charge is 0.218 e. The molecule has 1 heterocycles. The Balaban J connectivity index is 1.97. The van der Waals surface area contributed by atoms with Crippen LogP contribution in [0.25, 0.3) is 6.08 Å². The summed E-state index contributed by atoms with van der Waals surface area (Å²) < 4.78 is 26.2. The molecular formula is C16H24N2O2S. The van der Waals surface area contributed by atoms with Crippen molar-refractivity contribution in [2.24, 2.45) is 5.73 Å². The van der Waals surface area contributed by atoms with Gasteiger partial charge in [0.2, 0.25) is 10.0 Å². The Morgan fingerprint density at radius 3 is 2.33 bits per heavy atom. The summed E-state index contributed by atoms with van der Waals surface area (Å²) in [5.74, 6) is 0.0629. The minimum Gasteiger partial charge on any atom is -0.326 e. The van der Waals surface area contributed by atoms with Crippen LogP contribution < -0.4 is 5.73 Å². The van der Waals surface area contributed by atoms with E-state index < -0.39 is 10.0 Å². The number of hydrogen-bond donors (Lipinski definition) is 1. The molecule has 0 aromatic heterocycles. The van der Waals surface area contributed by atoms with E-state index in [0.717, 1.165) is 24.0 Å². The molecule has 0 saturated carbocycles. The van der Waals surface area contributed by atoms with Crippen LogP contribution in [-0.4, -0.2) is 30.6 Å². The number of hydrogen-bond acceptors (Lipinski definition) is 3. The third kappa shape index (κ3) is 3.54. The molecule has 0 spiro atoms. The van der Waals surface area contributed by atoms with Crippen molar-refractivity contribution in [3.8, 4) is 0 Å². The third-order valence-electron chi connectivity index (χ3n) is 4.35. The third-order valence-corrected chi connectivity index (χ3v) is 6.15. The molecule has 116 valence electrons. The first-order valence-corrected chi connectivity index (χ1v) is 9.04. The summed E-state index contributed by atoms with van der Waals surface area (Å²) in [5, 5.41) is 0. The van der Waals surface area contributed by atoms with Gasteiger partial charge in [0.1, 0.15) is 0 Å². The molecule has 1 fully saturated rings. The maximum atomic E-state index is 12.3. The molecule has 1 aliphatic heterocycles. The molecule has 5 heteroatoms. The Hall–Kier alpha value is -1.17. The van der Waals surface area contributed by atoms with Gasteiger partial charge in [-0.1, -0.05) is 50.3 Å². The Labute approximate surface area is 127 Å². The molecule has 2 rings (SSSR count). The molecule has 0 amide bonds. The van der Waals surface area contributed by atoms with E-state index in [1.807, 2.05) is 44.2 Å². The number of nitrogens with two attached hydrogens (primary N) is 1. The Kier molecular flexibility index (Phi) is 4.86. The summed E-state index contributed by atoms with van der Waals surface area (Å²) in [7, 11) is -3.18. The van der Waals surface area contributed by atoms with Crippen LogP contribution in [0.5, 0.6) is 0 Å². The normalized spacial score (nSPS) is 20.8. The maximum Gasteiger partial charge on any atom is 0.218 e. The zero-order valence-corrected chi connectivity index (χ0v) is 13.6. The van der Waals surface area contributed by atoms with Crippen molar-refractivity contribution < 1.29 is 8.42 Å². The topological polar surface area (TPSA) is 63.2 Å². The van der Waals surface area contributed by atoms with Crippen molar-refractivity contribution in [1.82, 2.24) is 4.31 Å². The lowest BCUT2D eigenvalue weighted by Gasteiger charge is -2.12. The van der Waals surface area contributed by atoms with E-state index in [0.29, 0.717) is 13.1 Å². The highest BCUT2D eigenvalue weighted by atomic mass is 32.2. The lowest BCUT2D eigenvalue weighted by molar-refractivity contribution is 0.474. The van der Waals surface area contributed by atoms with Crippen LogP contribution in [0.1, 0.15) is 37.8 Å². The molecular weight excluding hydrogens is 284 g/mol. The predicted molar refractivity (Wildman–Crippen MR) is 87.2 cm³/mol. The minimum atomic E-state index is -3.18. The summed E-state index contributed by atoms with van der Waals surface area (Å²) in [6.07, 6.45) is 5.34. The van der Waals surface area contributed by atoms with E-state index in [1.165, 1.54) is 0 Å². The van der Waals surface area contributed by atoms with Crippen molar-refractivity contribution >= 4 is 16.1 Å². The second-order valence-electron chi connectivity index (χ2n) is 5.56. The SMILES string of the molecule is CCC1(CC)CN1S(=O)(=O)CC=Cc1ccc(CN)cc1. The molecule has 1 aromatic carbocycles. The van der Waals surface area contributed by atoms with E-state index in [9.17, 15) is 8.42 Å². The van der Waals surface area contributed by atoms with Crippen molar-refractivity contribution in [1.29, 1.82) is 0 Å². The highest BCUT2D eigenvalue weighted by molar-refractivity contribution is 7.89. The zero-order valence-electron chi connectivity index (χ0n) is 12.7. The van der Waals surface area contributed by atoms with Gasteiger partial charge in [-0.3, -0.25) is 0 Å². The minimum absolute atomic E-state index is 0.0629. The highest BCUT2D eigenvalue weighted by Crippen LogP contribution is 2.41. The second-order valence-corrected chi connectivity index (χ2v) is 7.50. The summed E-state index contributed by atoms with van der Waals surface area (Å²) in [6.45, 7) is 5.28. The van der Waals surface area contributed by atoms with E-state index in [4.69, 9.17) is 5.73 Å². The number of nitrogens with zero attached hydrogens (tertiary/aromatic N) is 1. The van der Waals surface area contributed by atoms with Gasteiger partial charge in [0.15, 0.2) is 0 Å². The quantitative estimate of drug-likeness (QED) is 0.787. The second kappa shape index (κ2) is 6.30. The summed E-state index contributed by atoms with van der Waals surface area (Å²) in [6, 6.07) is 7.81. The van der Waals surface area contributed by atoms with Crippen LogP contribution in [0.2, 0.25) is 0 Å². The van der Waals surface area contributed by atoms with Gasteiger partial charge in [0.05, 0.1) is 5.75 Å². The summed E-state index contributed by atoms with van der Waals surface area (Å²) in [5.41, 5.74) is 7.49. The molecule has 1 aromatic rings. The average molecular weight is 308 g/mol. The van der Waals surface area contributed by atoms with Gasteiger partial charge in [0.25, 0.3) is 0 Å². The first-order valence-electron chi connectivity index (χ1n) is 7.43. The summed E-state index contributed by atoms with van der Waals surface area (Å²) in [4.78, 5) is 0. The largest absolute Gasteiger partial charge is 0.326 e. The first-order chi connectivity index (χ1) is 9.97. The summed E-state index contributed by atoms with van der Waals surface area (Å²) >= 11 is 0. The van der Waals surface area contributed by atoms with Crippen molar-refractivity contribution in [2.75, 3.05) is 12.3 Å². The molecule has 1 unspecified atom stereocenters. The van der Waals surface area contributed by atoms with Gasteiger partial charge in [-0.2, -0.15) is 4.31 Å². The molecule has 1 atom stereocenters. The molecule has 4 nitrogen and oxygen atoms in total. The fraction of sp³-hybridized carbons (Fsp3) is 0.500. The average Bonchev–Trinajstić information content (AvgIpc) is 3.24. The molecule has 1 aliphatic rings. The molecule has 0 aliphatic carbocycles. The maximum absolute atomic E-state index is 12.3. The van der Waals surface area contributed by atoms with Gasteiger partial charge in [-0.05, 0) is 24.0 Å². The van der Waals surface area contributed by atoms with Gasteiger partial charge >= 0.3 is 0 Å². The number of sulfonamides is 1. The molecule has 0 bridgehead atoms. The van der Waals surface area contributed by atoms with E-state index >= 15 is 0 Å². The van der Waals surface area contributed by atoms with Crippen molar-refractivity contribution in [3.05, 3.63) is 41.5 Å². The predicted octanol–water partition coefficient (Wildman–Crippen LogP) is 2.36. The van der Waals surface area contributed by atoms with Crippen LogP contribution in [0.3, 0.4) is 0 Å². The van der Waals surface area contributed by atoms with Crippen LogP contribution in [-0.2, 0) is 16.6 Å². The Bertz CT molecular complexity index is 602. The highest BCUT2D eigenvalue weighted by Gasteiger charge is 2.55. The molecule has 0 radical (unpaired) electrons. The lowest BCUT2D eigenvalue weighted by atomic mass is 10.1. The zero-order chi connectivity index (χ0) is 15.5. The standard InChI is InChI=1S/C16H24N2O2S/c1-3-16(4-2)13-18(16)21(19,20)11-5-6-14-7-9-15(12-17)10-8-14/h5-10H,3-4,11-13,17H2,1-2H3.